The van der Waals surface area contributed by atoms with Crippen LogP contribution in [0.4, 0.5) is 5.69 Å². The number of aromatic nitrogens is 1. The van der Waals surface area contributed by atoms with Gasteiger partial charge in [-0.05, 0) is 43.0 Å². The fourth-order valence-electron chi connectivity index (χ4n) is 3.33. The van der Waals surface area contributed by atoms with Crippen molar-refractivity contribution in [2.24, 2.45) is 11.7 Å². The molecule has 2 aromatic rings. The standard InChI is InChI=1S/C20H27N3O2S.ClH/c1-14-4-2-7-17(10-14)25-12-15-5-3-6-16(11-15)22-20(24)18-13-26-19(23-18)8-9-21;/h3,5-6,11,13-14,17H,2,4,7-10,12,21H2,1H3,(H,22,24);1H. The quantitative estimate of drug-likeness (QED) is 0.709. The van der Waals surface area contributed by atoms with Crippen LogP contribution in [0, 0.1) is 5.92 Å². The van der Waals surface area contributed by atoms with Crippen LogP contribution in [-0.2, 0) is 17.8 Å². The molecule has 0 aliphatic heterocycles. The molecule has 7 heteroatoms. The van der Waals surface area contributed by atoms with E-state index in [0.717, 1.165) is 35.0 Å². The van der Waals surface area contributed by atoms with Gasteiger partial charge in [-0.15, -0.1) is 23.7 Å². The molecule has 3 rings (SSSR count). The summed E-state index contributed by atoms with van der Waals surface area (Å²) < 4.78 is 6.08. The van der Waals surface area contributed by atoms with Gasteiger partial charge in [-0.25, -0.2) is 4.98 Å². The van der Waals surface area contributed by atoms with Crippen molar-refractivity contribution in [3.63, 3.8) is 0 Å². The molecule has 0 spiro atoms. The normalized spacial score (nSPS) is 19.3. The average molecular weight is 410 g/mol. The van der Waals surface area contributed by atoms with E-state index in [1.807, 2.05) is 24.3 Å². The molecule has 5 nitrogen and oxygen atoms in total. The minimum atomic E-state index is -0.191. The smallest absolute Gasteiger partial charge is 0.275 e. The number of thiazole rings is 1. The Bertz CT molecular complexity index is 738. The summed E-state index contributed by atoms with van der Waals surface area (Å²) in [5.74, 6) is 0.561. The number of rotatable bonds is 7. The van der Waals surface area contributed by atoms with Crippen LogP contribution in [0.3, 0.4) is 0 Å². The van der Waals surface area contributed by atoms with Crippen molar-refractivity contribution in [2.75, 3.05) is 11.9 Å². The Labute approximate surface area is 171 Å². The molecule has 1 saturated carbocycles. The van der Waals surface area contributed by atoms with Crippen LogP contribution in [0.25, 0.3) is 0 Å². The highest BCUT2D eigenvalue weighted by Crippen LogP contribution is 2.26. The molecule has 0 saturated heterocycles. The van der Waals surface area contributed by atoms with E-state index in [4.69, 9.17) is 10.5 Å². The second-order valence-corrected chi connectivity index (χ2v) is 7.97. The second-order valence-electron chi connectivity index (χ2n) is 7.02. The molecule has 1 amide bonds. The minimum absolute atomic E-state index is 0. The van der Waals surface area contributed by atoms with Crippen LogP contribution in [0.2, 0.25) is 0 Å². The maximum atomic E-state index is 12.4. The number of nitrogens with one attached hydrogen (secondary N) is 1. The van der Waals surface area contributed by atoms with Gasteiger partial charge in [0.15, 0.2) is 0 Å². The lowest BCUT2D eigenvalue weighted by Gasteiger charge is -2.26. The first-order valence-electron chi connectivity index (χ1n) is 9.30. The molecule has 1 fully saturated rings. The zero-order valence-corrected chi connectivity index (χ0v) is 17.3. The summed E-state index contributed by atoms with van der Waals surface area (Å²) in [6, 6.07) is 7.83. The summed E-state index contributed by atoms with van der Waals surface area (Å²) in [6.45, 7) is 3.41. The monoisotopic (exact) mass is 409 g/mol. The Hall–Kier alpha value is -1.47. The molecule has 3 N–H and O–H groups in total. The molecular formula is C20H28ClN3O2S. The first kappa shape index (κ1) is 21.8. The number of anilines is 1. The van der Waals surface area contributed by atoms with Crippen molar-refractivity contribution in [1.82, 2.24) is 4.98 Å². The predicted octanol–water partition coefficient (Wildman–Crippen LogP) is 4.41. The molecule has 2 unspecified atom stereocenters. The highest BCUT2D eigenvalue weighted by atomic mass is 35.5. The molecule has 1 aliphatic rings. The molecule has 27 heavy (non-hydrogen) atoms. The van der Waals surface area contributed by atoms with Gasteiger partial charge >= 0.3 is 0 Å². The molecule has 0 radical (unpaired) electrons. The van der Waals surface area contributed by atoms with Crippen molar-refractivity contribution >= 4 is 35.3 Å². The van der Waals surface area contributed by atoms with Crippen LogP contribution in [0.1, 0.15) is 53.7 Å². The van der Waals surface area contributed by atoms with E-state index in [1.165, 1.54) is 24.2 Å². The first-order chi connectivity index (χ1) is 12.6. The predicted molar refractivity (Wildman–Crippen MR) is 113 cm³/mol. The maximum absolute atomic E-state index is 12.4. The largest absolute Gasteiger partial charge is 0.374 e. The van der Waals surface area contributed by atoms with Crippen molar-refractivity contribution in [3.8, 4) is 0 Å². The Morgan fingerprint density at radius 1 is 1.41 bits per heavy atom. The lowest BCUT2D eigenvalue weighted by Crippen LogP contribution is -2.21. The molecule has 1 aliphatic carbocycles. The average Bonchev–Trinajstić information content (AvgIpc) is 3.10. The van der Waals surface area contributed by atoms with E-state index >= 15 is 0 Å². The molecule has 1 aromatic heterocycles. The zero-order valence-electron chi connectivity index (χ0n) is 15.6. The molecule has 148 valence electrons. The highest BCUT2D eigenvalue weighted by molar-refractivity contribution is 7.09. The van der Waals surface area contributed by atoms with Crippen LogP contribution in [-0.4, -0.2) is 23.5 Å². The van der Waals surface area contributed by atoms with Crippen molar-refractivity contribution < 1.29 is 9.53 Å². The SMILES string of the molecule is CC1CCCC(OCc2cccc(NC(=O)c3csc(CCN)n3)c2)C1.Cl. The Balaban J connectivity index is 0.00000261. The highest BCUT2D eigenvalue weighted by Gasteiger charge is 2.19. The third kappa shape index (κ3) is 6.57. The second kappa shape index (κ2) is 10.8. The van der Waals surface area contributed by atoms with E-state index < -0.39 is 0 Å². The van der Waals surface area contributed by atoms with Crippen LogP contribution < -0.4 is 11.1 Å². The molecule has 0 bridgehead atoms. The van der Waals surface area contributed by atoms with Gasteiger partial charge in [-0.2, -0.15) is 0 Å². The fourth-order valence-corrected chi connectivity index (χ4v) is 4.13. The van der Waals surface area contributed by atoms with Gasteiger partial charge in [-0.3, -0.25) is 4.79 Å². The number of ether oxygens (including phenoxy) is 1. The van der Waals surface area contributed by atoms with Crippen LogP contribution in [0.15, 0.2) is 29.6 Å². The molecule has 2 atom stereocenters. The van der Waals surface area contributed by atoms with Crippen molar-refractivity contribution in [1.29, 1.82) is 0 Å². The van der Waals surface area contributed by atoms with Gasteiger partial charge in [0.05, 0.1) is 17.7 Å². The van der Waals surface area contributed by atoms with Crippen molar-refractivity contribution in [3.05, 3.63) is 45.9 Å². The van der Waals surface area contributed by atoms with Gasteiger partial charge < -0.3 is 15.8 Å². The van der Waals surface area contributed by atoms with E-state index in [9.17, 15) is 4.79 Å². The number of nitrogens with two attached hydrogens (primary N) is 1. The van der Waals surface area contributed by atoms with E-state index in [0.29, 0.717) is 31.4 Å². The third-order valence-electron chi connectivity index (χ3n) is 4.70. The summed E-state index contributed by atoms with van der Waals surface area (Å²) in [5.41, 5.74) is 7.81. The third-order valence-corrected chi connectivity index (χ3v) is 5.61. The van der Waals surface area contributed by atoms with Gasteiger partial charge in [0.2, 0.25) is 0 Å². The maximum Gasteiger partial charge on any atom is 0.275 e. The Kier molecular flexibility index (Phi) is 8.70. The number of hydrogen-bond donors (Lipinski definition) is 2. The number of carbonyl (C=O) groups excluding carboxylic acids is 1. The number of amides is 1. The summed E-state index contributed by atoms with van der Waals surface area (Å²) in [4.78, 5) is 16.7. The number of halogens is 1. The van der Waals surface area contributed by atoms with E-state index in [1.54, 1.807) is 5.38 Å². The number of benzene rings is 1. The Morgan fingerprint density at radius 2 is 2.26 bits per heavy atom. The van der Waals surface area contributed by atoms with E-state index in [-0.39, 0.29) is 18.3 Å². The molecule has 1 aromatic carbocycles. The number of nitrogens with zero attached hydrogens (tertiary/aromatic N) is 1. The summed E-state index contributed by atoms with van der Waals surface area (Å²) in [7, 11) is 0. The van der Waals surface area contributed by atoms with Gasteiger partial charge in [0, 0.05) is 17.5 Å². The number of hydrogen-bond acceptors (Lipinski definition) is 5. The van der Waals surface area contributed by atoms with Crippen molar-refractivity contribution in [2.45, 2.75) is 51.7 Å². The first-order valence-corrected chi connectivity index (χ1v) is 10.2. The lowest BCUT2D eigenvalue weighted by molar-refractivity contribution is 0.00468. The Morgan fingerprint density at radius 3 is 3.04 bits per heavy atom. The van der Waals surface area contributed by atoms with Crippen LogP contribution in [0.5, 0.6) is 0 Å². The lowest BCUT2D eigenvalue weighted by atomic mass is 9.89. The fraction of sp³-hybridized carbons (Fsp3) is 0.500. The van der Waals surface area contributed by atoms with Gasteiger partial charge in [0.1, 0.15) is 5.69 Å². The topological polar surface area (TPSA) is 77.2 Å². The summed E-state index contributed by atoms with van der Waals surface area (Å²) >= 11 is 1.47. The van der Waals surface area contributed by atoms with Gasteiger partial charge in [0.25, 0.3) is 5.91 Å². The summed E-state index contributed by atoms with van der Waals surface area (Å²) in [5, 5.41) is 5.58. The molecule has 1 heterocycles. The van der Waals surface area contributed by atoms with E-state index in [2.05, 4.69) is 17.2 Å². The summed E-state index contributed by atoms with van der Waals surface area (Å²) in [6.07, 6.45) is 5.91. The van der Waals surface area contributed by atoms with Crippen LogP contribution >= 0.6 is 23.7 Å². The molecular weight excluding hydrogens is 382 g/mol. The minimum Gasteiger partial charge on any atom is -0.374 e. The zero-order chi connectivity index (χ0) is 18.4. The number of carbonyl (C=O) groups is 1. The van der Waals surface area contributed by atoms with Gasteiger partial charge in [-0.1, -0.05) is 31.9 Å².